The first kappa shape index (κ1) is 20.6. The van der Waals surface area contributed by atoms with Gasteiger partial charge in [0.05, 0.1) is 19.5 Å². The van der Waals surface area contributed by atoms with Crippen LogP contribution in [0.4, 0.5) is 4.79 Å². The maximum atomic E-state index is 11.7. The van der Waals surface area contributed by atoms with Crippen molar-refractivity contribution in [2.24, 2.45) is 0 Å². The number of rotatable bonds is 8. The van der Waals surface area contributed by atoms with Crippen LogP contribution < -0.4 is 15.4 Å². The Morgan fingerprint density at radius 3 is 2.69 bits per heavy atom. The second kappa shape index (κ2) is 9.41. The number of esters is 1. The van der Waals surface area contributed by atoms with Crippen molar-refractivity contribution in [1.82, 2.24) is 25.4 Å². The molecule has 10 nitrogen and oxygen atoms in total. The number of benzene rings is 1. The molecule has 2 heterocycles. The van der Waals surface area contributed by atoms with E-state index in [9.17, 15) is 14.4 Å². The standard InChI is InChI=1S/C18H21N5O5S/c1-3-28-16(25)10-29-18-22-21-14(8-11-9-15(24)20-17(26)19-11)23(18)12-4-6-13(27-2)7-5-12/h4-7,11H,3,8-10H2,1-2H3,(H2,19,20,24,26). The highest BCUT2D eigenvalue weighted by molar-refractivity contribution is 7.99. The summed E-state index contributed by atoms with van der Waals surface area (Å²) in [7, 11) is 1.58. The van der Waals surface area contributed by atoms with Crippen LogP contribution in [0.5, 0.6) is 5.75 Å². The molecule has 1 aliphatic heterocycles. The summed E-state index contributed by atoms with van der Waals surface area (Å²) in [6.45, 7) is 2.05. The fourth-order valence-electron chi connectivity index (χ4n) is 2.86. The van der Waals surface area contributed by atoms with Crippen molar-refractivity contribution in [1.29, 1.82) is 0 Å². The Bertz CT molecular complexity index is 883. The molecule has 1 aromatic heterocycles. The van der Waals surface area contributed by atoms with Crippen LogP contribution in [0.1, 0.15) is 19.2 Å². The number of hydrogen-bond donors (Lipinski definition) is 2. The molecule has 0 radical (unpaired) electrons. The zero-order valence-corrected chi connectivity index (χ0v) is 16.8. The number of carbonyl (C=O) groups excluding carboxylic acids is 3. The molecule has 29 heavy (non-hydrogen) atoms. The first-order valence-electron chi connectivity index (χ1n) is 8.97. The molecule has 0 saturated carbocycles. The molecule has 154 valence electrons. The van der Waals surface area contributed by atoms with Crippen LogP contribution in [-0.2, 0) is 20.7 Å². The number of nitrogens with zero attached hydrogens (tertiary/aromatic N) is 3. The zero-order chi connectivity index (χ0) is 20.8. The molecule has 1 aromatic carbocycles. The van der Waals surface area contributed by atoms with Gasteiger partial charge < -0.3 is 14.8 Å². The minimum Gasteiger partial charge on any atom is -0.497 e. The van der Waals surface area contributed by atoms with E-state index in [0.29, 0.717) is 29.8 Å². The van der Waals surface area contributed by atoms with Gasteiger partial charge in [-0.05, 0) is 31.2 Å². The highest BCUT2D eigenvalue weighted by Crippen LogP contribution is 2.25. The molecule has 1 aliphatic rings. The summed E-state index contributed by atoms with van der Waals surface area (Å²) in [6.07, 6.45) is 0.449. The van der Waals surface area contributed by atoms with Crippen LogP contribution in [0.25, 0.3) is 5.69 Å². The number of carbonyl (C=O) groups is 3. The third kappa shape index (κ3) is 5.25. The molecule has 0 spiro atoms. The quantitative estimate of drug-likeness (QED) is 0.481. The average molecular weight is 419 g/mol. The SMILES string of the molecule is CCOC(=O)CSc1nnc(CC2CC(=O)NC(=O)N2)n1-c1ccc(OC)cc1. The molecule has 3 rings (SSSR count). The zero-order valence-electron chi connectivity index (χ0n) is 16.0. The number of urea groups is 1. The lowest BCUT2D eigenvalue weighted by Gasteiger charge is -2.23. The van der Waals surface area contributed by atoms with Crippen molar-refractivity contribution in [3.05, 3.63) is 30.1 Å². The van der Waals surface area contributed by atoms with Crippen molar-refractivity contribution in [3.63, 3.8) is 0 Å². The Kier molecular flexibility index (Phi) is 6.70. The van der Waals surface area contributed by atoms with Gasteiger partial charge in [-0.1, -0.05) is 11.8 Å². The molecule has 2 N–H and O–H groups in total. The summed E-state index contributed by atoms with van der Waals surface area (Å²) in [5.41, 5.74) is 0.767. The van der Waals surface area contributed by atoms with Crippen LogP contribution in [0, 0.1) is 0 Å². The molecular weight excluding hydrogens is 398 g/mol. The van der Waals surface area contributed by atoms with Gasteiger partial charge in [0.25, 0.3) is 0 Å². The van der Waals surface area contributed by atoms with Crippen LogP contribution in [0.15, 0.2) is 29.4 Å². The van der Waals surface area contributed by atoms with E-state index in [0.717, 1.165) is 5.69 Å². The van der Waals surface area contributed by atoms with Gasteiger partial charge in [0.15, 0.2) is 5.16 Å². The molecule has 1 fully saturated rings. The van der Waals surface area contributed by atoms with Crippen molar-refractivity contribution < 1.29 is 23.9 Å². The minimum absolute atomic E-state index is 0.0880. The van der Waals surface area contributed by atoms with E-state index in [2.05, 4.69) is 20.8 Å². The summed E-state index contributed by atoms with van der Waals surface area (Å²) in [6, 6.07) is 6.35. The third-order valence-corrected chi connectivity index (χ3v) is 5.01. The van der Waals surface area contributed by atoms with E-state index >= 15 is 0 Å². The van der Waals surface area contributed by atoms with Gasteiger partial charge in [-0.25, -0.2) is 4.79 Å². The van der Waals surface area contributed by atoms with Gasteiger partial charge in [0, 0.05) is 24.6 Å². The maximum Gasteiger partial charge on any atom is 0.321 e. The number of methoxy groups -OCH3 is 1. The lowest BCUT2D eigenvalue weighted by atomic mass is 10.1. The van der Waals surface area contributed by atoms with Crippen LogP contribution in [0.2, 0.25) is 0 Å². The number of nitrogens with one attached hydrogen (secondary N) is 2. The molecule has 1 saturated heterocycles. The summed E-state index contributed by atoms with van der Waals surface area (Å²) >= 11 is 1.20. The van der Waals surface area contributed by atoms with E-state index in [1.165, 1.54) is 11.8 Å². The van der Waals surface area contributed by atoms with Gasteiger partial charge in [-0.3, -0.25) is 19.5 Å². The lowest BCUT2D eigenvalue weighted by Crippen LogP contribution is -2.53. The fraction of sp³-hybridized carbons (Fsp3) is 0.389. The minimum atomic E-state index is -0.529. The Morgan fingerprint density at radius 2 is 2.03 bits per heavy atom. The highest BCUT2D eigenvalue weighted by atomic mass is 32.2. The number of aromatic nitrogens is 3. The molecule has 2 aromatic rings. The number of thioether (sulfide) groups is 1. The van der Waals surface area contributed by atoms with Crippen molar-refractivity contribution in [3.8, 4) is 11.4 Å². The predicted molar refractivity (Wildman–Crippen MR) is 104 cm³/mol. The topological polar surface area (TPSA) is 124 Å². The Labute approximate surface area is 171 Å². The average Bonchev–Trinajstić information content (AvgIpc) is 3.08. The van der Waals surface area contributed by atoms with Gasteiger partial charge >= 0.3 is 12.0 Å². The second-order valence-corrected chi connectivity index (χ2v) is 7.10. The molecule has 1 atom stereocenters. The van der Waals surface area contributed by atoms with Crippen LogP contribution in [-0.4, -0.2) is 58.2 Å². The van der Waals surface area contributed by atoms with Crippen molar-refractivity contribution in [2.45, 2.75) is 31.0 Å². The first-order chi connectivity index (χ1) is 14.0. The molecule has 3 amide bonds. The van der Waals surface area contributed by atoms with Crippen LogP contribution in [0.3, 0.4) is 0 Å². The fourth-order valence-corrected chi connectivity index (χ4v) is 3.63. The smallest absolute Gasteiger partial charge is 0.321 e. The third-order valence-electron chi connectivity index (χ3n) is 4.10. The number of amides is 3. The maximum absolute atomic E-state index is 11.7. The number of hydrogen-bond acceptors (Lipinski definition) is 8. The molecular formula is C18H21N5O5S. The number of ether oxygens (including phenoxy) is 2. The highest BCUT2D eigenvalue weighted by Gasteiger charge is 2.27. The summed E-state index contributed by atoms with van der Waals surface area (Å²) in [4.78, 5) is 35.0. The van der Waals surface area contributed by atoms with E-state index in [1.807, 2.05) is 12.1 Å². The Morgan fingerprint density at radius 1 is 1.28 bits per heavy atom. The van der Waals surface area contributed by atoms with Crippen molar-refractivity contribution in [2.75, 3.05) is 19.5 Å². The van der Waals surface area contributed by atoms with Gasteiger partial charge in [-0.15, -0.1) is 10.2 Å². The summed E-state index contributed by atoms with van der Waals surface area (Å²) in [5.74, 6) is 0.651. The van der Waals surface area contributed by atoms with Gasteiger partial charge in [0.1, 0.15) is 11.6 Å². The van der Waals surface area contributed by atoms with E-state index in [-0.39, 0.29) is 24.1 Å². The van der Waals surface area contributed by atoms with Gasteiger partial charge in [-0.2, -0.15) is 0 Å². The summed E-state index contributed by atoms with van der Waals surface area (Å²) in [5, 5.41) is 13.8. The lowest BCUT2D eigenvalue weighted by molar-refractivity contribution is -0.139. The monoisotopic (exact) mass is 419 g/mol. The molecule has 1 unspecified atom stereocenters. The first-order valence-corrected chi connectivity index (χ1v) is 9.96. The summed E-state index contributed by atoms with van der Waals surface area (Å²) < 4.78 is 12.0. The normalized spacial score (nSPS) is 16.1. The molecule has 0 aliphatic carbocycles. The second-order valence-electron chi connectivity index (χ2n) is 6.15. The Hall–Kier alpha value is -3.08. The van der Waals surface area contributed by atoms with E-state index in [1.54, 1.807) is 30.7 Å². The predicted octanol–water partition coefficient (Wildman–Crippen LogP) is 1.07. The van der Waals surface area contributed by atoms with E-state index in [4.69, 9.17) is 9.47 Å². The van der Waals surface area contributed by atoms with E-state index < -0.39 is 12.1 Å². The Balaban J connectivity index is 1.87. The van der Waals surface area contributed by atoms with Gasteiger partial charge in [0.2, 0.25) is 5.91 Å². The van der Waals surface area contributed by atoms with Crippen LogP contribution >= 0.6 is 11.8 Å². The largest absolute Gasteiger partial charge is 0.497 e. The molecule has 0 bridgehead atoms. The van der Waals surface area contributed by atoms with Crippen molar-refractivity contribution >= 4 is 29.7 Å². The molecule has 11 heteroatoms. The number of imide groups is 1.